The lowest BCUT2D eigenvalue weighted by molar-refractivity contribution is 0.241. The number of hydrogen-bond donors (Lipinski definition) is 0. The maximum absolute atomic E-state index is 5.89. The van der Waals surface area contributed by atoms with Gasteiger partial charge in [0.2, 0.25) is 0 Å². The fraction of sp³-hybridized carbons (Fsp3) is 0.263. The van der Waals surface area contributed by atoms with Crippen LogP contribution >= 0.6 is 23.8 Å². The summed E-state index contributed by atoms with van der Waals surface area (Å²) >= 11 is 11.4. The van der Waals surface area contributed by atoms with E-state index in [9.17, 15) is 0 Å². The zero-order valence-corrected chi connectivity index (χ0v) is 16.4. The maximum atomic E-state index is 5.89. The average molecular weight is 389 g/mol. The Bertz CT molecular complexity index is 906. The van der Waals surface area contributed by atoms with Crippen LogP contribution in [-0.2, 0) is 26.9 Å². The molecule has 1 heterocycles. The second-order valence-corrected chi connectivity index (χ2v) is 6.94. The normalized spacial score (nSPS) is 11.1. The molecule has 0 amide bonds. The molecule has 2 aromatic carbocycles. The first-order valence-electron chi connectivity index (χ1n) is 8.26. The molecule has 5 nitrogen and oxygen atoms in total. The molecule has 0 saturated carbocycles. The molecule has 0 saturated heterocycles. The first-order chi connectivity index (χ1) is 12.5. The minimum absolute atomic E-state index is 0.344. The quantitative estimate of drug-likeness (QED) is 0.566. The molecule has 3 rings (SSSR count). The minimum Gasteiger partial charge on any atom is -0.486 e. The molecule has 0 N–H and O–H groups in total. The van der Waals surface area contributed by atoms with Crippen molar-refractivity contribution < 1.29 is 4.74 Å². The van der Waals surface area contributed by atoms with E-state index in [0.717, 1.165) is 18.1 Å². The van der Waals surface area contributed by atoms with Crippen molar-refractivity contribution in [3.05, 3.63) is 75.8 Å². The van der Waals surface area contributed by atoms with Crippen molar-refractivity contribution in [1.82, 2.24) is 19.2 Å². The number of halogens is 1. The molecule has 0 aliphatic heterocycles. The van der Waals surface area contributed by atoms with Gasteiger partial charge in [0, 0.05) is 18.6 Å². The summed E-state index contributed by atoms with van der Waals surface area (Å²) in [6.07, 6.45) is 0. The predicted molar refractivity (Wildman–Crippen MR) is 106 cm³/mol. The van der Waals surface area contributed by atoms with Gasteiger partial charge in [0.1, 0.15) is 12.4 Å². The van der Waals surface area contributed by atoms with E-state index in [1.807, 2.05) is 53.7 Å². The molecule has 7 heteroatoms. The van der Waals surface area contributed by atoms with E-state index in [0.29, 0.717) is 23.1 Å². The summed E-state index contributed by atoms with van der Waals surface area (Å²) in [5.74, 6) is 1.52. The second kappa shape index (κ2) is 8.49. The van der Waals surface area contributed by atoms with Crippen molar-refractivity contribution in [2.75, 3.05) is 7.05 Å². The third-order valence-electron chi connectivity index (χ3n) is 3.98. The maximum Gasteiger partial charge on any atom is 0.198 e. The van der Waals surface area contributed by atoms with Crippen molar-refractivity contribution in [2.24, 2.45) is 7.05 Å². The van der Waals surface area contributed by atoms with Gasteiger partial charge in [-0.05, 0) is 49.1 Å². The van der Waals surface area contributed by atoms with Gasteiger partial charge in [0.25, 0.3) is 0 Å². The number of ether oxygens (including phenoxy) is 1. The zero-order valence-electron chi connectivity index (χ0n) is 14.8. The standard InChI is InChI=1S/C19H21ClN4OS/c1-22(12-15-6-4-3-5-7-15)14-24-19(26)23(2)18(21-24)13-25-17-10-8-16(20)9-11-17/h3-11H,12-14H2,1-2H3. The van der Waals surface area contributed by atoms with Gasteiger partial charge < -0.3 is 9.30 Å². The monoisotopic (exact) mass is 388 g/mol. The van der Waals surface area contributed by atoms with Gasteiger partial charge in [0.15, 0.2) is 10.6 Å². The highest BCUT2D eigenvalue weighted by molar-refractivity contribution is 7.71. The molecule has 0 aliphatic carbocycles. The largest absolute Gasteiger partial charge is 0.486 e. The van der Waals surface area contributed by atoms with E-state index in [4.69, 9.17) is 28.6 Å². The van der Waals surface area contributed by atoms with Crippen LogP contribution in [0.25, 0.3) is 0 Å². The van der Waals surface area contributed by atoms with Gasteiger partial charge in [-0.2, -0.15) is 5.10 Å². The summed E-state index contributed by atoms with van der Waals surface area (Å²) in [6, 6.07) is 17.6. The van der Waals surface area contributed by atoms with Crippen molar-refractivity contribution in [3.8, 4) is 5.75 Å². The van der Waals surface area contributed by atoms with Crippen molar-refractivity contribution >= 4 is 23.8 Å². The molecule has 3 aromatic rings. The number of rotatable bonds is 7. The van der Waals surface area contributed by atoms with Gasteiger partial charge >= 0.3 is 0 Å². The summed E-state index contributed by atoms with van der Waals surface area (Å²) < 4.78 is 10.1. The smallest absolute Gasteiger partial charge is 0.198 e. The van der Waals surface area contributed by atoms with Crippen LogP contribution in [0.2, 0.25) is 5.02 Å². The summed E-state index contributed by atoms with van der Waals surface area (Å²) in [7, 11) is 3.96. The Morgan fingerprint density at radius 1 is 1.12 bits per heavy atom. The third kappa shape index (κ3) is 4.72. The summed E-state index contributed by atoms with van der Waals surface area (Å²) in [6.45, 7) is 1.79. The molecule has 0 spiro atoms. The average Bonchev–Trinajstić information content (AvgIpc) is 2.90. The molecule has 0 bridgehead atoms. The molecule has 136 valence electrons. The molecule has 0 fully saturated rings. The summed E-state index contributed by atoms with van der Waals surface area (Å²) in [5.41, 5.74) is 1.25. The van der Waals surface area contributed by atoms with Crippen LogP contribution in [0.1, 0.15) is 11.4 Å². The molecule has 0 atom stereocenters. The van der Waals surface area contributed by atoms with E-state index in [-0.39, 0.29) is 0 Å². The van der Waals surface area contributed by atoms with Crippen molar-refractivity contribution in [3.63, 3.8) is 0 Å². The fourth-order valence-electron chi connectivity index (χ4n) is 2.60. The van der Waals surface area contributed by atoms with Crippen molar-refractivity contribution in [1.29, 1.82) is 0 Å². The highest BCUT2D eigenvalue weighted by Crippen LogP contribution is 2.16. The van der Waals surface area contributed by atoms with Crippen LogP contribution in [0, 0.1) is 4.77 Å². The number of aromatic nitrogens is 3. The number of hydrogen-bond acceptors (Lipinski definition) is 4. The number of nitrogens with zero attached hydrogens (tertiary/aromatic N) is 4. The van der Waals surface area contributed by atoms with Crippen LogP contribution in [0.3, 0.4) is 0 Å². The Labute approximate surface area is 163 Å². The molecule has 0 radical (unpaired) electrons. The van der Waals surface area contributed by atoms with Crippen molar-refractivity contribution in [2.45, 2.75) is 19.8 Å². The van der Waals surface area contributed by atoms with Crippen LogP contribution < -0.4 is 4.74 Å². The van der Waals surface area contributed by atoms with Gasteiger partial charge in [-0.25, -0.2) is 4.68 Å². The lowest BCUT2D eigenvalue weighted by atomic mass is 10.2. The van der Waals surface area contributed by atoms with Gasteiger partial charge in [-0.1, -0.05) is 41.9 Å². The zero-order chi connectivity index (χ0) is 18.5. The summed E-state index contributed by atoms with van der Waals surface area (Å²) in [4.78, 5) is 2.17. The summed E-state index contributed by atoms with van der Waals surface area (Å²) in [5, 5.41) is 5.29. The Balaban J connectivity index is 1.64. The van der Waals surface area contributed by atoms with Crippen LogP contribution in [0.5, 0.6) is 5.75 Å². The topological polar surface area (TPSA) is 35.2 Å². The lowest BCUT2D eigenvalue weighted by Gasteiger charge is -2.16. The third-order valence-corrected chi connectivity index (χ3v) is 4.72. The highest BCUT2D eigenvalue weighted by atomic mass is 35.5. The minimum atomic E-state index is 0.344. The van der Waals surface area contributed by atoms with Gasteiger partial charge in [-0.15, -0.1) is 0 Å². The van der Waals surface area contributed by atoms with E-state index < -0.39 is 0 Å². The Hall–Kier alpha value is -2.15. The van der Waals surface area contributed by atoms with Gasteiger partial charge in [0.05, 0.1) is 6.67 Å². The molecular weight excluding hydrogens is 368 g/mol. The van der Waals surface area contributed by atoms with E-state index in [1.165, 1.54) is 5.56 Å². The Morgan fingerprint density at radius 3 is 2.50 bits per heavy atom. The van der Waals surface area contributed by atoms with Crippen LogP contribution in [-0.4, -0.2) is 26.3 Å². The molecular formula is C19H21ClN4OS. The molecule has 0 aliphatic rings. The highest BCUT2D eigenvalue weighted by Gasteiger charge is 2.10. The first kappa shape index (κ1) is 18.6. The lowest BCUT2D eigenvalue weighted by Crippen LogP contribution is -2.22. The van der Waals surface area contributed by atoms with E-state index in [1.54, 1.807) is 12.1 Å². The van der Waals surface area contributed by atoms with Crippen LogP contribution in [0.4, 0.5) is 0 Å². The first-order valence-corrected chi connectivity index (χ1v) is 9.05. The number of benzene rings is 2. The molecule has 0 unspecified atom stereocenters. The SMILES string of the molecule is CN(Cc1ccccc1)Cn1nc(COc2ccc(Cl)cc2)n(C)c1=S. The van der Waals surface area contributed by atoms with Crippen LogP contribution in [0.15, 0.2) is 54.6 Å². The second-order valence-electron chi connectivity index (χ2n) is 6.14. The van der Waals surface area contributed by atoms with E-state index in [2.05, 4.69) is 22.1 Å². The molecule has 26 heavy (non-hydrogen) atoms. The molecule has 1 aromatic heterocycles. The fourth-order valence-corrected chi connectivity index (χ4v) is 2.93. The Morgan fingerprint density at radius 2 is 1.81 bits per heavy atom. The van der Waals surface area contributed by atoms with Gasteiger partial charge in [-0.3, -0.25) is 4.90 Å². The predicted octanol–water partition coefficient (Wildman–Crippen LogP) is 4.27. The Kier molecular flexibility index (Phi) is 6.08. The van der Waals surface area contributed by atoms with E-state index >= 15 is 0 Å².